The monoisotopic (exact) mass is 385 g/mol. The Bertz CT molecular complexity index is 765. The van der Waals surface area contributed by atoms with E-state index in [1.807, 2.05) is 0 Å². The van der Waals surface area contributed by atoms with E-state index in [1.54, 1.807) is 0 Å². The first-order chi connectivity index (χ1) is 12.3. The van der Waals surface area contributed by atoms with Crippen molar-refractivity contribution in [2.45, 2.75) is 32.4 Å². The maximum absolute atomic E-state index is 12.9. The zero-order valence-corrected chi connectivity index (χ0v) is 14.9. The molecule has 9 heteroatoms. The predicted molar refractivity (Wildman–Crippen MR) is 97.7 cm³/mol. The Kier molecular flexibility index (Phi) is 6.79. The molecule has 2 rings (SSSR count). The van der Waals surface area contributed by atoms with E-state index in [0.717, 1.165) is 37.6 Å². The molecule has 0 saturated carbocycles. The van der Waals surface area contributed by atoms with E-state index in [0.29, 0.717) is 17.9 Å². The number of nitrogens with one attached hydrogen (secondary N) is 3. The van der Waals surface area contributed by atoms with Gasteiger partial charge >= 0.3 is 6.18 Å². The number of anilines is 3. The average molecular weight is 386 g/mol. The van der Waals surface area contributed by atoms with Crippen LogP contribution in [0.25, 0.3) is 0 Å². The molecule has 0 atom stereocenters. The van der Waals surface area contributed by atoms with Crippen LogP contribution in [0.15, 0.2) is 24.3 Å². The second-order valence-corrected chi connectivity index (χ2v) is 5.92. The number of hydrogen-bond donors (Lipinski definition) is 3. The van der Waals surface area contributed by atoms with E-state index in [9.17, 15) is 13.2 Å². The van der Waals surface area contributed by atoms with E-state index >= 15 is 0 Å². The fraction of sp³-hybridized carbons (Fsp3) is 0.353. The van der Waals surface area contributed by atoms with E-state index in [-0.39, 0.29) is 16.8 Å². The van der Waals surface area contributed by atoms with Gasteiger partial charge in [-0.15, -0.1) is 0 Å². The molecule has 2 aromatic rings. The molecule has 0 bridgehead atoms. The first-order valence-electron chi connectivity index (χ1n) is 8.11. The van der Waals surface area contributed by atoms with Gasteiger partial charge in [0.1, 0.15) is 11.6 Å². The normalized spacial score (nSPS) is 11.3. The number of benzene rings is 1. The van der Waals surface area contributed by atoms with Gasteiger partial charge < -0.3 is 16.0 Å². The topological polar surface area (TPSA) is 73.7 Å². The van der Waals surface area contributed by atoms with E-state index < -0.39 is 11.7 Å². The summed E-state index contributed by atoms with van der Waals surface area (Å²) in [6, 6.07) is 4.73. The molecule has 1 aromatic heterocycles. The number of halogens is 4. The fourth-order valence-corrected chi connectivity index (χ4v) is 2.47. The minimum Gasteiger partial charge on any atom is -0.369 e. The highest BCUT2D eigenvalue weighted by molar-refractivity contribution is 6.28. The molecule has 140 valence electrons. The van der Waals surface area contributed by atoms with E-state index in [4.69, 9.17) is 17.0 Å². The van der Waals surface area contributed by atoms with Gasteiger partial charge in [-0.05, 0) is 36.2 Å². The van der Waals surface area contributed by atoms with Gasteiger partial charge in [-0.3, -0.25) is 0 Å². The molecule has 0 spiro atoms. The molecule has 0 radical (unpaired) electrons. The highest BCUT2D eigenvalue weighted by atomic mass is 35.5. The Labute approximate surface area is 154 Å². The predicted octanol–water partition coefficient (Wildman–Crippen LogP) is 5.49. The van der Waals surface area contributed by atoms with Gasteiger partial charge in [-0.1, -0.05) is 25.8 Å². The summed E-state index contributed by atoms with van der Waals surface area (Å²) in [7, 11) is 0. The summed E-state index contributed by atoms with van der Waals surface area (Å²) >= 11 is 5.93. The van der Waals surface area contributed by atoms with Crippen LogP contribution < -0.4 is 10.6 Å². The summed E-state index contributed by atoms with van der Waals surface area (Å²) in [5.74, 6) is 0.530. The zero-order valence-electron chi connectivity index (χ0n) is 14.1. The van der Waals surface area contributed by atoms with Crippen molar-refractivity contribution in [2.75, 3.05) is 17.2 Å². The molecule has 1 aromatic carbocycles. The molecule has 0 aliphatic carbocycles. The SMILES string of the molecule is CCCCCNc1nc(Cl)nc(Nc2cccc(C(F)(F)F)c2)c1C=N. The number of unbranched alkanes of at least 4 members (excludes halogenated alkanes) is 2. The van der Waals surface area contributed by atoms with Gasteiger partial charge in [-0.2, -0.15) is 23.1 Å². The molecular formula is C17H19ClF3N5. The van der Waals surface area contributed by atoms with Gasteiger partial charge in [0, 0.05) is 18.4 Å². The second kappa shape index (κ2) is 8.84. The maximum Gasteiger partial charge on any atom is 0.416 e. The molecule has 1 heterocycles. The van der Waals surface area contributed by atoms with Crippen LogP contribution in [-0.2, 0) is 6.18 Å². The van der Waals surface area contributed by atoms with E-state index in [1.165, 1.54) is 12.1 Å². The number of nitrogens with zero attached hydrogens (tertiary/aromatic N) is 2. The van der Waals surface area contributed by atoms with Crippen LogP contribution in [0.2, 0.25) is 5.28 Å². The Morgan fingerprint density at radius 2 is 1.92 bits per heavy atom. The van der Waals surface area contributed by atoms with Gasteiger partial charge in [0.25, 0.3) is 0 Å². The van der Waals surface area contributed by atoms with Crippen molar-refractivity contribution < 1.29 is 13.2 Å². The summed E-state index contributed by atoms with van der Waals surface area (Å²) in [6.07, 6.45) is -0.384. The van der Waals surface area contributed by atoms with Crippen LogP contribution in [0, 0.1) is 5.41 Å². The smallest absolute Gasteiger partial charge is 0.369 e. The zero-order chi connectivity index (χ0) is 19.2. The Hall–Kier alpha value is -2.35. The van der Waals surface area contributed by atoms with Crippen LogP contribution in [0.4, 0.5) is 30.5 Å². The van der Waals surface area contributed by atoms with Crippen molar-refractivity contribution in [3.8, 4) is 0 Å². The van der Waals surface area contributed by atoms with Gasteiger partial charge in [0.2, 0.25) is 5.28 Å². The summed E-state index contributed by atoms with van der Waals surface area (Å²) in [5, 5.41) is 13.4. The third-order valence-electron chi connectivity index (χ3n) is 3.59. The van der Waals surface area contributed by atoms with Crippen molar-refractivity contribution in [3.63, 3.8) is 0 Å². The first kappa shape index (κ1) is 20.0. The molecule has 0 saturated heterocycles. The number of rotatable bonds is 8. The standard InChI is InChI=1S/C17H19ClF3N5/c1-2-3-4-8-23-14-13(10-22)15(26-16(18)25-14)24-12-7-5-6-11(9-12)17(19,20)21/h5-7,9-10,22H,2-4,8H2,1H3,(H2,23,24,25,26). The fourth-order valence-electron chi connectivity index (χ4n) is 2.30. The average Bonchev–Trinajstić information content (AvgIpc) is 2.58. The quantitative estimate of drug-likeness (QED) is 0.319. The Balaban J connectivity index is 2.28. The molecule has 0 amide bonds. The summed E-state index contributed by atoms with van der Waals surface area (Å²) in [4.78, 5) is 8.08. The number of alkyl halides is 3. The highest BCUT2D eigenvalue weighted by Crippen LogP contribution is 2.32. The van der Waals surface area contributed by atoms with Crippen molar-refractivity contribution in [1.29, 1.82) is 5.41 Å². The molecule has 3 N–H and O–H groups in total. The molecule has 0 unspecified atom stereocenters. The van der Waals surface area contributed by atoms with Gasteiger partial charge in [0.15, 0.2) is 0 Å². The van der Waals surface area contributed by atoms with Crippen LogP contribution >= 0.6 is 11.6 Å². The van der Waals surface area contributed by atoms with Crippen molar-refractivity contribution in [3.05, 3.63) is 40.7 Å². The Morgan fingerprint density at radius 1 is 1.19 bits per heavy atom. The van der Waals surface area contributed by atoms with Crippen LogP contribution in [0.5, 0.6) is 0 Å². The third kappa shape index (κ3) is 5.32. The van der Waals surface area contributed by atoms with Crippen LogP contribution in [-0.4, -0.2) is 22.7 Å². The molecular weight excluding hydrogens is 367 g/mol. The minimum atomic E-state index is -4.45. The molecule has 26 heavy (non-hydrogen) atoms. The number of aromatic nitrogens is 2. The lowest BCUT2D eigenvalue weighted by Gasteiger charge is -2.14. The largest absolute Gasteiger partial charge is 0.416 e. The van der Waals surface area contributed by atoms with Crippen molar-refractivity contribution in [1.82, 2.24) is 9.97 Å². The van der Waals surface area contributed by atoms with Crippen LogP contribution in [0.3, 0.4) is 0 Å². The first-order valence-corrected chi connectivity index (χ1v) is 8.49. The second-order valence-electron chi connectivity index (χ2n) is 5.59. The summed E-state index contributed by atoms with van der Waals surface area (Å²) in [5.41, 5.74) is -0.269. The lowest BCUT2D eigenvalue weighted by atomic mass is 10.2. The minimum absolute atomic E-state index is 0.0666. The number of hydrogen-bond acceptors (Lipinski definition) is 5. The molecule has 5 nitrogen and oxygen atoms in total. The van der Waals surface area contributed by atoms with Crippen LogP contribution in [0.1, 0.15) is 37.3 Å². The molecule has 0 aliphatic rings. The lowest BCUT2D eigenvalue weighted by molar-refractivity contribution is -0.137. The van der Waals surface area contributed by atoms with Crippen molar-refractivity contribution >= 4 is 35.1 Å². The highest BCUT2D eigenvalue weighted by Gasteiger charge is 2.30. The summed E-state index contributed by atoms with van der Waals surface area (Å²) in [6.45, 7) is 2.73. The van der Waals surface area contributed by atoms with E-state index in [2.05, 4.69) is 27.5 Å². The van der Waals surface area contributed by atoms with Crippen molar-refractivity contribution in [2.24, 2.45) is 0 Å². The summed E-state index contributed by atoms with van der Waals surface area (Å²) < 4.78 is 38.6. The van der Waals surface area contributed by atoms with Gasteiger partial charge in [0.05, 0.1) is 11.1 Å². The molecule has 0 fully saturated rings. The molecule has 0 aliphatic heterocycles. The van der Waals surface area contributed by atoms with Gasteiger partial charge in [-0.25, -0.2) is 0 Å². The third-order valence-corrected chi connectivity index (χ3v) is 3.76. The lowest BCUT2D eigenvalue weighted by Crippen LogP contribution is -2.10. The Morgan fingerprint density at radius 3 is 2.58 bits per heavy atom. The maximum atomic E-state index is 12.9.